The number of thiophene rings is 1. The Hall–Kier alpha value is -2.08. The highest BCUT2D eigenvalue weighted by atomic mass is 79.9. The quantitative estimate of drug-likeness (QED) is 0.468. The van der Waals surface area contributed by atoms with Crippen LogP contribution >= 0.6 is 27.3 Å². The molecule has 0 spiro atoms. The van der Waals surface area contributed by atoms with Gasteiger partial charge in [0.1, 0.15) is 10.0 Å². The topological polar surface area (TPSA) is 84.3 Å². The van der Waals surface area contributed by atoms with Crippen molar-refractivity contribution in [2.75, 3.05) is 18.9 Å². The summed E-state index contributed by atoms with van der Waals surface area (Å²) in [7, 11) is -2.03. The summed E-state index contributed by atoms with van der Waals surface area (Å²) in [6.07, 6.45) is 2.15. The van der Waals surface area contributed by atoms with Crippen molar-refractivity contribution in [3.8, 4) is 0 Å². The van der Waals surface area contributed by atoms with Crippen LogP contribution in [-0.4, -0.2) is 42.0 Å². The van der Waals surface area contributed by atoms with Crippen molar-refractivity contribution in [1.29, 1.82) is 0 Å². The first-order chi connectivity index (χ1) is 14.3. The van der Waals surface area contributed by atoms with Crippen molar-refractivity contribution in [2.24, 2.45) is 0 Å². The van der Waals surface area contributed by atoms with Gasteiger partial charge in [0.05, 0.1) is 11.0 Å². The van der Waals surface area contributed by atoms with Crippen LogP contribution < -0.4 is 5.32 Å². The van der Waals surface area contributed by atoms with E-state index in [9.17, 15) is 17.6 Å². The first kappa shape index (κ1) is 22.6. The summed E-state index contributed by atoms with van der Waals surface area (Å²) in [6, 6.07) is 9.65. The Bertz CT molecular complexity index is 1120. The van der Waals surface area contributed by atoms with Gasteiger partial charge in [0.15, 0.2) is 5.82 Å². The molecule has 0 saturated heterocycles. The Balaban J connectivity index is 1.52. The second-order valence-corrected chi connectivity index (χ2v) is 10.6. The van der Waals surface area contributed by atoms with Crippen LogP contribution in [0, 0.1) is 5.82 Å². The molecule has 0 radical (unpaired) electrons. The van der Waals surface area contributed by atoms with Gasteiger partial charge in [-0.3, -0.25) is 9.48 Å². The number of nitrogens with zero attached hydrogens (tertiary/aromatic N) is 3. The fraction of sp³-hybridized carbons (Fsp3) is 0.263. The van der Waals surface area contributed by atoms with Crippen molar-refractivity contribution >= 4 is 49.0 Å². The van der Waals surface area contributed by atoms with Crippen molar-refractivity contribution in [3.05, 3.63) is 63.8 Å². The predicted octanol–water partition coefficient (Wildman–Crippen LogP) is 3.93. The zero-order chi connectivity index (χ0) is 21.7. The molecular formula is C19H20BrFN4O3S2. The summed E-state index contributed by atoms with van der Waals surface area (Å²) in [5.41, 5.74) is 0.486. The second kappa shape index (κ2) is 9.82. The minimum absolute atomic E-state index is 0.136. The molecule has 160 valence electrons. The monoisotopic (exact) mass is 514 g/mol. The number of nitrogens with one attached hydrogen (secondary N) is 1. The number of sulfonamides is 1. The smallest absolute Gasteiger partial charge is 0.252 e. The van der Waals surface area contributed by atoms with E-state index in [4.69, 9.17) is 0 Å². The van der Waals surface area contributed by atoms with Crippen molar-refractivity contribution < 1.29 is 17.6 Å². The third-order valence-corrected chi connectivity index (χ3v) is 8.11. The van der Waals surface area contributed by atoms with E-state index in [1.165, 1.54) is 22.1 Å². The molecule has 2 heterocycles. The van der Waals surface area contributed by atoms with Gasteiger partial charge < -0.3 is 5.32 Å². The lowest BCUT2D eigenvalue weighted by atomic mass is 10.2. The number of anilines is 1. The lowest BCUT2D eigenvalue weighted by Gasteiger charge is -2.15. The molecule has 0 unspecified atom stereocenters. The molecule has 0 fully saturated rings. The Labute approximate surface area is 186 Å². The number of amides is 1. The Morgan fingerprint density at radius 2 is 2.07 bits per heavy atom. The summed E-state index contributed by atoms with van der Waals surface area (Å²) < 4.78 is 42.2. The highest BCUT2D eigenvalue weighted by Gasteiger charge is 2.21. The number of carbonyl (C=O) groups excluding carboxylic acids is 1. The summed E-state index contributed by atoms with van der Waals surface area (Å²) in [6.45, 7) is 0.447. The molecular weight excluding hydrogens is 495 g/mol. The van der Waals surface area contributed by atoms with Gasteiger partial charge in [-0.15, -0.1) is 11.3 Å². The summed E-state index contributed by atoms with van der Waals surface area (Å²) in [5.74, 6) is -0.277. The maximum atomic E-state index is 13.8. The molecule has 1 N–H and O–H groups in total. The van der Waals surface area contributed by atoms with Crippen LogP contribution in [0.1, 0.15) is 18.4 Å². The lowest BCUT2D eigenvalue weighted by molar-refractivity contribution is -0.116. The molecule has 0 aliphatic carbocycles. The molecule has 0 saturated carbocycles. The molecule has 0 atom stereocenters. The number of benzene rings is 1. The van der Waals surface area contributed by atoms with Gasteiger partial charge >= 0.3 is 0 Å². The van der Waals surface area contributed by atoms with Crippen LogP contribution in [0.25, 0.3) is 0 Å². The molecule has 0 aliphatic rings. The third-order valence-electron chi connectivity index (χ3n) is 4.30. The number of carbonyl (C=O) groups is 1. The summed E-state index contributed by atoms with van der Waals surface area (Å²) in [5, 5.41) is 8.67. The zero-order valence-electron chi connectivity index (χ0n) is 16.1. The van der Waals surface area contributed by atoms with Crippen LogP contribution in [0.2, 0.25) is 0 Å². The lowest BCUT2D eigenvalue weighted by Crippen LogP contribution is -2.28. The van der Waals surface area contributed by atoms with Gasteiger partial charge in [-0.25, -0.2) is 17.1 Å². The van der Waals surface area contributed by atoms with Crippen molar-refractivity contribution in [1.82, 2.24) is 14.1 Å². The molecule has 1 aromatic carbocycles. The fourth-order valence-corrected chi connectivity index (χ4v) is 5.53. The largest absolute Gasteiger partial charge is 0.308 e. The van der Waals surface area contributed by atoms with E-state index in [2.05, 4.69) is 26.3 Å². The molecule has 3 aromatic rings. The number of aromatic nitrogens is 2. The van der Waals surface area contributed by atoms with E-state index in [1.54, 1.807) is 41.9 Å². The van der Waals surface area contributed by atoms with E-state index >= 15 is 0 Å². The predicted molar refractivity (Wildman–Crippen MR) is 117 cm³/mol. The number of hydrogen-bond donors (Lipinski definition) is 1. The average Bonchev–Trinajstić information content (AvgIpc) is 3.34. The first-order valence-corrected chi connectivity index (χ1v) is 12.1. The third kappa shape index (κ3) is 5.54. The van der Waals surface area contributed by atoms with Crippen LogP contribution in [0.3, 0.4) is 0 Å². The zero-order valence-corrected chi connectivity index (χ0v) is 19.3. The molecule has 11 heteroatoms. The molecule has 0 bridgehead atoms. The van der Waals surface area contributed by atoms with E-state index in [0.717, 1.165) is 11.3 Å². The SMILES string of the molecule is CN(CCCC(=O)Nc1nn(Cc2ccccc2F)cc1Br)S(=O)(=O)c1cccs1. The standard InChI is InChI=1S/C19H20BrFN4O3S2/c1-24(30(27,28)18-9-5-11-29-18)10-4-8-17(26)22-19-15(20)13-25(23-19)12-14-6-2-3-7-16(14)21/h2-3,5-7,9,11,13H,4,8,10,12H2,1H3,(H,22,23,26). The van der Waals surface area contributed by atoms with Crippen molar-refractivity contribution in [3.63, 3.8) is 0 Å². The minimum atomic E-state index is -3.52. The number of rotatable bonds is 9. The maximum absolute atomic E-state index is 13.8. The Morgan fingerprint density at radius 1 is 1.30 bits per heavy atom. The fourth-order valence-electron chi connectivity index (χ4n) is 2.70. The van der Waals surface area contributed by atoms with Crippen LogP contribution in [-0.2, 0) is 21.4 Å². The highest BCUT2D eigenvalue weighted by Crippen LogP contribution is 2.22. The molecule has 7 nitrogen and oxygen atoms in total. The Kier molecular flexibility index (Phi) is 7.40. The van der Waals surface area contributed by atoms with Gasteiger partial charge in [0, 0.05) is 31.8 Å². The van der Waals surface area contributed by atoms with Gasteiger partial charge in [0.25, 0.3) is 10.0 Å². The average molecular weight is 515 g/mol. The van der Waals surface area contributed by atoms with Gasteiger partial charge in [-0.2, -0.15) is 5.10 Å². The molecule has 0 aliphatic heterocycles. The van der Waals surface area contributed by atoms with E-state index in [-0.39, 0.29) is 35.4 Å². The van der Waals surface area contributed by atoms with Crippen LogP contribution in [0.4, 0.5) is 10.2 Å². The number of hydrogen-bond acceptors (Lipinski definition) is 5. The normalized spacial score (nSPS) is 11.7. The summed E-state index contributed by atoms with van der Waals surface area (Å²) in [4.78, 5) is 12.2. The van der Waals surface area contributed by atoms with Gasteiger partial charge in [0.2, 0.25) is 5.91 Å². The summed E-state index contributed by atoms with van der Waals surface area (Å²) >= 11 is 4.50. The first-order valence-electron chi connectivity index (χ1n) is 9.03. The molecule has 30 heavy (non-hydrogen) atoms. The van der Waals surface area contributed by atoms with E-state index in [1.807, 2.05) is 0 Å². The van der Waals surface area contributed by atoms with E-state index < -0.39 is 10.0 Å². The molecule has 1 amide bonds. The second-order valence-electron chi connectivity index (χ2n) is 6.53. The van der Waals surface area contributed by atoms with E-state index in [0.29, 0.717) is 22.3 Å². The maximum Gasteiger partial charge on any atom is 0.252 e. The molecule has 2 aromatic heterocycles. The van der Waals surface area contributed by atoms with Gasteiger partial charge in [-0.05, 0) is 39.9 Å². The van der Waals surface area contributed by atoms with Crippen LogP contribution in [0.15, 0.2) is 56.7 Å². The highest BCUT2D eigenvalue weighted by molar-refractivity contribution is 9.10. The molecule has 3 rings (SSSR count). The van der Waals surface area contributed by atoms with Gasteiger partial charge in [-0.1, -0.05) is 24.3 Å². The van der Waals surface area contributed by atoms with Crippen LogP contribution in [0.5, 0.6) is 0 Å². The Morgan fingerprint density at radius 3 is 2.77 bits per heavy atom. The minimum Gasteiger partial charge on any atom is -0.308 e. The van der Waals surface area contributed by atoms with Crippen molar-refractivity contribution in [2.45, 2.75) is 23.6 Å². The number of halogens is 2.